The summed E-state index contributed by atoms with van der Waals surface area (Å²) in [5.41, 5.74) is 0.0644. The molecule has 0 unspecified atom stereocenters. The van der Waals surface area contributed by atoms with Crippen LogP contribution in [0.2, 0.25) is 5.02 Å². The van der Waals surface area contributed by atoms with Crippen molar-refractivity contribution >= 4 is 21.6 Å². The lowest BCUT2D eigenvalue weighted by molar-refractivity contribution is 0.334. The van der Waals surface area contributed by atoms with Crippen molar-refractivity contribution in [2.75, 3.05) is 6.54 Å². The van der Waals surface area contributed by atoms with Gasteiger partial charge in [-0.1, -0.05) is 11.6 Å². The van der Waals surface area contributed by atoms with E-state index in [1.165, 1.54) is 22.5 Å². The van der Waals surface area contributed by atoms with E-state index in [0.717, 1.165) is 0 Å². The van der Waals surface area contributed by atoms with Crippen molar-refractivity contribution in [1.82, 2.24) is 19.1 Å². The van der Waals surface area contributed by atoms with Gasteiger partial charge in [-0.3, -0.25) is 0 Å². The third-order valence-corrected chi connectivity index (χ3v) is 5.35. The highest BCUT2D eigenvalue weighted by atomic mass is 35.5. The van der Waals surface area contributed by atoms with Gasteiger partial charge >= 0.3 is 0 Å². The maximum atomic E-state index is 13.7. The van der Waals surface area contributed by atoms with Crippen LogP contribution < -0.4 is 0 Å². The Bertz CT molecular complexity index is 777. The van der Waals surface area contributed by atoms with Crippen LogP contribution in [-0.2, 0) is 28.9 Å². The summed E-state index contributed by atoms with van der Waals surface area (Å²) in [6, 6.07) is 3.89. The fraction of sp³-hybridized carbons (Fsp3) is 0.333. The Hall–Kier alpha value is -1.51. The van der Waals surface area contributed by atoms with Crippen LogP contribution >= 0.6 is 11.6 Å². The van der Waals surface area contributed by atoms with Gasteiger partial charge in [0.15, 0.2) is 0 Å². The number of hydrogen-bond donors (Lipinski definition) is 0. The molecule has 9 heteroatoms. The van der Waals surface area contributed by atoms with Crippen LogP contribution in [0.3, 0.4) is 0 Å². The molecule has 0 saturated carbocycles. The van der Waals surface area contributed by atoms with E-state index in [0.29, 0.717) is 23.9 Å². The molecule has 1 aliphatic rings. The molecule has 3 rings (SSSR count). The van der Waals surface area contributed by atoms with Crippen LogP contribution in [0.1, 0.15) is 11.4 Å². The van der Waals surface area contributed by atoms with Gasteiger partial charge in [-0.15, -0.1) is 10.2 Å². The average molecular weight is 331 g/mol. The number of halogens is 2. The number of fused-ring (bicyclic) bond motifs is 1. The van der Waals surface area contributed by atoms with E-state index in [2.05, 4.69) is 10.2 Å². The molecule has 21 heavy (non-hydrogen) atoms. The molecule has 2 aromatic rings. The van der Waals surface area contributed by atoms with Crippen molar-refractivity contribution in [3.8, 4) is 0 Å². The summed E-state index contributed by atoms with van der Waals surface area (Å²) in [6.07, 6.45) is 1.57. The van der Waals surface area contributed by atoms with Crippen LogP contribution in [0.15, 0.2) is 24.5 Å². The molecule has 112 valence electrons. The molecule has 0 radical (unpaired) electrons. The second kappa shape index (κ2) is 5.36. The smallest absolute Gasteiger partial charge is 0.218 e. The fourth-order valence-electron chi connectivity index (χ4n) is 2.22. The van der Waals surface area contributed by atoms with Crippen LogP contribution in [0.25, 0.3) is 0 Å². The molecular formula is C12H12ClFN4O2S. The first-order valence-electron chi connectivity index (χ1n) is 6.24. The molecule has 1 aromatic carbocycles. The zero-order valence-corrected chi connectivity index (χ0v) is 12.5. The quantitative estimate of drug-likeness (QED) is 0.853. The van der Waals surface area contributed by atoms with Gasteiger partial charge in [-0.2, -0.15) is 4.31 Å². The highest BCUT2D eigenvalue weighted by molar-refractivity contribution is 7.88. The van der Waals surface area contributed by atoms with Gasteiger partial charge in [0.1, 0.15) is 18.0 Å². The monoisotopic (exact) mass is 330 g/mol. The van der Waals surface area contributed by atoms with Crippen molar-refractivity contribution < 1.29 is 12.8 Å². The molecule has 0 bridgehead atoms. The molecule has 1 aliphatic heterocycles. The summed E-state index contributed by atoms with van der Waals surface area (Å²) in [7, 11) is -3.64. The third-order valence-electron chi connectivity index (χ3n) is 3.34. The Morgan fingerprint density at radius 2 is 2.14 bits per heavy atom. The van der Waals surface area contributed by atoms with Crippen molar-refractivity contribution in [2.24, 2.45) is 0 Å². The molecule has 0 spiro atoms. The normalized spacial score (nSPS) is 15.9. The van der Waals surface area contributed by atoms with E-state index < -0.39 is 21.6 Å². The second-order valence-corrected chi connectivity index (χ2v) is 7.17. The van der Waals surface area contributed by atoms with Crippen molar-refractivity contribution in [1.29, 1.82) is 0 Å². The van der Waals surface area contributed by atoms with Gasteiger partial charge in [-0.05, 0) is 18.2 Å². The van der Waals surface area contributed by atoms with Crippen LogP contribution in [0, 0.1) is 5.82 Å². The molecule has 0 amide bonds. The summed E-state index contributed by atoms with van der Waals surface area (Å²) < 4.78 is 41.6. The number of hydrogen-bond acceptors (Lipinski definition) is 4. The topological polar surface area (TPSA) is 68.1 Å². The Morgan fingerprint density at radius 3 is 2.95 bits per heavy atom. The predicted molar refractivity (Wildman–Crippen MR) is 74.5 cm³/mol. The summed E-state index contributed by atoms with van der Waals surface area (Å²) >= 11 is 5.79. The second-order valence-electron chi connectivity index (χ2n) is 4.77. The minimum Gasteiger partial charge on any atom is -0.315 e. The third kappa shape index (κ3) is 2.92. The Labute approximate surface area is 126 Å². The van der Waals surface area contributed by atoms with E-state index in [4.69, 9.17) is 11.6 Å². The Kier molecular flexibility index (Phi) is 3.68. The van der Waals surface area contributed by atoms with Crippen LogP contribution in [0.5, 0.6) is 0 Å². The molecule has 0 aliphatic carbocycles. The SMILES string of the molecule is O=S(=O)(Cc1cc(Cl)ccc1F)N1CCn2cnnc2C1. The maximum absolute atomic E-state index is 13.7. The summed E-state index contributed by atoms with van der Waals surface area (Å²) in [4.78, 5) is 0. The van der Waals surface area contributed by atoms with Gasteiger partial charge in [0.2, 0.25) is 10.0 Å². The summed E-state index contributed by atoms with van der Waals surface area (Å²) in [6.45, 7) is 0.944. The molecule has 0 saturated heterocycles. The van der Waals surface area contributed by atoms with Crippen LogP contribution in [0.4, 0.5) is 4.39 Å². The zero-order chi connectivity index (χ0) is 15.0. The van der Waals surface area contributed by atoms with Gasteiger partial charge in [0, 0.05) is 23.7 Å². The maximum Gasteiger partial charge on any atom is 0.218 e. The summed E-state index contributed by atoms with van der Waals surface area (Å²) in [5, 5.41) is 7.92. The van der Waals surface area contributed by atoms with Gasteiger partial charge in [0.25, 0.3) is 0 Å². The van der Waals surface area contributed by atoms with Crippen LogP contribution in [-0.4, -0.2) is 34.0 Å². The molecule has 6 nitrogen and oxygen atoms in total. The zero-order valence-electron chi connectivity index (χ0n) is 10.9. The van der Waals surface area contributed by atoms with Gasteiger partial charge in [-0.25, -0.2) is 12.8 Å². The lowest BCUT2D eigenvalue weighted by atomic mass is 10.2. The minimum absolute atomic E-state index is 0.0644. The van der Waals surface area contributed by atoms with Gasteiger partial charge in [0.05, 0.1) is 12.3 Å². The first-order valence-corrected chi connectivity index (χ1v) is 8.23. The molecule has 0 fully saturated rings. The first kappa shape index (κ1) is 14.4. The van der Waals surface area contributed by atoms with E-state index in [-0.39, 0.29) is 12.1 Å². The number of nitrogens with zero attached hydrogens (tertiary/aromatic N) is 4. The molecular weight excluding hydrogens is 319 g/mol. The molecule has 2 heterocycles. The van der Waals surface area contributed by atoms with Crippen molar-refractivity contribution in [2.45, 2.75) is 18.8 Å². The Morgan fingerprint density at radius 1 is 1.33 bits per heavy atom. The predicted octanol–water partition coefficient (Wildman–Crippen LogP) is 1.42. The standard InChI is InChI=1S/C12H12ClFN4O2S/c13-10-1-2-11(14)9(5-10)7-21(19,20)18-4-3-17-8-15-16-12(17)6-18/h1-2,5,8H,3-4,6-7H2. The number of benzene rings is 1. The highest BCUT2D eigenvalue weighted by Gasteiger charge is 2.28. The van der Waals surface area contributed by atoms with Gasteiger partial charge < -0.3 is 4.57 Å². The molecule has 1 aromatic heterocycles. The average Bonchev–Trinajstić information content (AvgIpc) is 2.90. The fourth-order valence-corrected chi connectivity index (χ4v) is 3.89. The lowest BCUT2D eigenvalue weighted by Crippen LogP contribution is -2.39. The number of aromatic nitrogens is 3. The van der Waals surface area contributed by atoms with Crippen molar-refractivity contribution in [3.63, 3.8) is 0 Å². The largest absolute Gasteiger partial charge is 0.315 e. The number of sulfonamides is 1. The highest BCUT2D eigenvalue weighted by Crippen LogP contribution is 2.21. The number of rotatable bonds is 3. The molecule has 0 N–H and O–H groups in total. The lowest BCUT2D eigenvalue weighted by Gasteiger charge is -2.26. The minimum atomic E-state index is -3.64. The molecule has 0 atom stereocenters. The van der Waals surface area contributed by atoms with E-state index in [9.17, 15) is 12.8 Å². The van der Waals surface area contributed by atoms with E-state index in [1.807, 2.05) is 0 Å². The first-order chi connectivity index (χ1) is 9.95. The van der Waals surface area contributed by atoms with E-state index >= 15 is 0 Å². The van der Waals surface area contributed by atoms with E-state index in [1.54, 1.807) is 10.9 Å². The van der Waals surface area contributed by atoms with Crippen molar-refractivity contribution in [3.05, 3.63) is 46.8 Å². The Balaban J connectivity index is 1.83. The summed E-state index contributed by atoms with van der Waals surface area (Å²) in [5.74, 6) is -0.424.